The minimum atomic E-state index is -0.745. The van der Waals surface area contributed by atoms with E-state index < -0.39 is 11.9 Å². The van der Waals surface area contributed by atoms with Gasteiger partial charge in [0.2, 0.25) is 0 Å². The number of rotatable bonds is 6. The largest absolute Gasteiger partial charge is 0.493 e. The summed E-state index contributed by atoms with van der Waals surface area (Å²) in [6, 6.07) is 12.8. The van der Waals surface area contributed by atoms with Gasteiger partial charge in [-0.25, -0.2) is 9.59 Å². The van der Waals surface area contributed by atoms with E-state index in [2.05, 4.69) is 4.74 Å². The SMILES string of the molecule is COC(=O)/C(C#N)=C/c1cccc(OC(=O)c2ccc(OC)c(OC)c2)c1. The second kappa shape index (κ2) is 9.06. The van der Waals surface area contributed by atoms with Gasteiger partial charge in [-0.1, -0.05) is 12.1 Å². The average Bonchev–Trinajstić information content (AvgIpc) is 2.71. The molecule has 2 aromatic carbocycles. The summed E-state index contributed by atoms with van der Waals surface area (Å²) in [6.45, 7) is 0. The number of hydrogen-bond donors (Lipinski definition) is 0. The van der Waals surface area contributed by atoms with Crippen molar-refractivity contribution in [2.24, 2.45) is 0 Å². The Kier molecular flexibility index (Phi) is 6.55. The molecule has 0 saturated carbocycles. The molecule has 0 atom stereocenters. The van der Waals surface area contributed by atoms with E-state index >= 15 is 0 Å². The number of methoxy groups -OCH3 is 3. The molecule has 0 aromatic heterocycles. The third-order valence-corrected chi connectivity index (χ3v) is 3.52. The highest BCUT2D eigenvalue weighted by molar-refractivity contribution is 5.98. The van der Waals surface area contributed by atoms with E-state index in [0.29, 0.717) is 17.1 Å². The first-order valence-electron chi connectivity index (χ1n) is 7.76. The van der Waals surface area contributed by atoms with Crippen LogP contribution in [0.4, 0.5) is 0 Å². The molecule has 0 radical (unpaired) electrons. The van der Waals surface area contributed by atoms with E-state index in [1.807, 2.05) is 0 Å². The van der Waals surface area contributed by atoms with E-state index in [-0.39, 0.29) is 16.9 Å². The quantitative estimate of drug-likeness (QED) is 0.335. The normalized spacial score (nSPS) is 10.5. The minimum absolute atomic E-state index is 0.166. The van der Waals surface area contributed by atoms with Gasteiger partial charge in [0.05, 0.1) is 26.9 Å². The van der Waals surface area contributed by atoms with Gasteiger partial charge in [-0.3, -0.25) is 0 Å². The summed E-state index contributed by atoms with van der Waals surface area (Å²) < 4.78 is 20.2. The maximum Gasteiger partial charge on any atom is 0.348 e. The lowest BCUT2D eigenvalue weighted by molar-refractivity contribution is -0.135. The molecule has 0 aliphatic carbocycles. The number of nitrogens with zero attached hydrogens (tertiary/aromatic N) is 1. The Labute approximate surface area is 156 Å². The van der Waals surface area contributed by atoms with Crippen LogP contribution in [0.25, 0.3) is 6.08 Å². The fourth-order valence-corrected chi connectivity index (χ4v) is 2.21. The topological polar surface area (TPSA) is 94.9 Å². The Morgan fingerprint density at radius 1 is 1.00 bits per heavy atom. The lowest BCUT2D eigenvalue weighted by Gasteiger charge is -2.09. The van der Waals surface area contributed by atoms with Gasteiger partial charge in [0.15, 0.2) is 11.5 Å². The molecule has 0 bridgehead atoms. The summed E-state index contributed by atoms with van der Waals surface area (Å²) in [5, 5.41) is 9.02. The van der Waals surface area contributed by atoms with Crippen molar-refractivity contribution in [1.29, 1.82) is 5.26 Å². The zero-order chi connectivity index (χ0) is 19.8. The smallest absolute Gasteiger partial charge is 0.348 e. The van der Waals surface area contributed by atoms with Crippen molar-refractivity contribution in [3.05, 3.63) is 59.2 Å². The minimum Gasteiger partial charge on any atom is -0.493 e. The molecule has 0 amide bonds. The van der Waals surface area contributed by atoms with Crippen molar-refractivity contribution in [3.63, 3.8) is 0 Å². The summed E-state index contributed by atoms with van der Waals surface area (Å²) >= 11 is 0. The third-order valence-electron chi connectivity index (χ3n) is 3.52. The predicted octanol–water partition coefficient (Wildman–Crippen LogP) is 3.00. The summed E-state index contributed by atoms with van der Waals surface area (Å²) in [5.74, 6) is -0.185. The van der Waals surface area contributed by atoms with E-state index in [4.69, 9.17) is 19.5 Å². The first kappa shape index (κ1) is 19.5. The van der Waals surface area contributed by atoms with Crippen molar-refractivity contribution in [2.75, 3.05) is 21.3 Å². The van der Waals surface area contributed by atoms with Crippen molar-refractivity contribution in [3.8, 4) is 23.3 Å². The molecule has 0 unspecified atom stereocenters. The van der Waals surface area contributed by atoms with Crippen molar-refractivity contribution >= 4 is 18.0 Å². The predicted molar refractivity (Wildman–Crippen MR) is 96.6 cm³/mol. The fraction of sp³-hybridized carbons (Fsp3) is 0.150. The number of benzene rings is 2. The lowest BCUT2D eigenvalue weighted by atomic mass is 10.1. The van der Waals surface area contributed by atoms with Crippen LogP contribution in [-0.2, 0) is 9.53 Å². The van der Waals surface area contributed by atoms with Crippen LogP contribution in [0.3, 0.4) is 0 Å². The van der Waals surface area contributed by atoms with Crippen LogP contribution in [0.1, 0.15) is 15.9 Å². The van der Waals surface area contributed by atoms with Crippen LogP contribution < -0.4 is 14.2 Å². The van der Waals surface area contributed by atoms with Gasteiger partial charge in [0, 0.05) is 0 Å². The van der Waals surface area contributed by atoms with Crippen molar-refractivity contribution in [2.45, 2.75) is 0 Å². The highest BCUT2D eigenvalue weighted by Crippen LogP contribution is 2.28. The Balaban J connectivity index is 2.23. The highest BCUT2D eigenvalue weighted by Gasteiger charge is 2.13. The lowest BCUT2D eigenvalue weighted by Crippen LogP contribution is -2.09. The Morgan fingerprint density at radius 3 is 2.37 bits per heavy atom. The number of ether oxygens (including phenoxy) is 4. The third kappa shape index (κ3) is 4.86. The van der Waals surface area contributed by atoms with Crippen LogP contribution in [0.15, 0.2) is 48.0 Å². The molecule has 0 heterocycles. The van der Waals surface area contributed by atoms with Gasteiger partial charge in [0.25, 0.3) is 0 Å². The molecule has 2 rings (SSSR count). The fourth-order valence-electron chi connectivity index (χ4n) is 2.21. The van der Waals surface area contributed by atoms with Crippen LogP contribution >= 0.6 is 0 Å². The average molecular weight is 367 g/mol. The van der Waals surface area contributed by atoms with Gasteiger partial charge < -0.3 is 18.9 Å². The molecule has 0 fully saturated rings. The van der Waals surface area contributed by atoms with E-state index in [1.165, 1.54) is 39.5 Å². The van der Waals surface area contributed by atoms with Gasteiger partial charge in [0.1, 0.15) is 17.4 Å². The van der Waals surface area contributed by atoms with Gasteiger partial charge in [-0.2, -0.15) is 5.26 Å². The van der Waals surface area contributed by atoms with Gasteiger partial charge in [-0.15, -0.1) is 0 Å². The molecule has 7 heteroatoms. The maximum atomic E-state index is 12.4. The van der Waals surface area contributed by atoms with Crippen LogP contribution in [-0.4, -0.2) is 33.3 Å². The zero-order valence-electron chi connectivity index (χ0n) is 15.0. The summed E-state index contributed by atoms with van der Waals surface area (Å²) in [6.07, 6.45) is 1.35. The Hall–Kier alpha value is -3.79. The number of carbonyl (C=O) groups is 2. The molecule has 7 nitrogen and oxygen atoms in total. The molecule has 0 aliphatic heterocycles. The number of carbonyl (C=O) groups excluding carboxylic acids is 2. The number of hydrogen-bond acceptors (Lipinski definition) is 7. The summed E-state index contributed by atoms with van der Waals surface area (Å²) in [5.41, 5.74) is 0.622. The summed E-state index contributed by atoms with van der Waals surface area (Å²) in [7, 11) is 4.16. The monoisotopic (exact) mass is 367 g/mol. The van der Waals surface area contributed by atoms with Crippen LogP contribution in [0.2, 0.25) is 0 Å². The first-order chi connectivity index (χ1) is 13.0. The van der Waals surface area contributed by atoms with Crippen LogP contribution in [0.5, 0.6) is 17.2 Å². The molecular weight excluding hydrogens is 350 g/mol. The number of nitriles is 1. The second-order valence-electron chi connectivity index (χ2n) is 5.19. The van der Waals surface area contributed by atoms with E-state index in [1.54, 1.807) is 36.4 Å². The van der Waals surface area contributed by atoms with E-state index in [0.717, 1.165) is 0 Å². The molecule has 0 N–H and O–H groups in total. The molecule has 138 valence electrons. The molecule has 0 spiro atoms. The number of esters is 2. The summed E-state index contributed by atoms with van der Waals surface area (Å²) in [4.78, 5) is 23.9. The molecule has 27 heavy (non-hydrogen) atoms. The van der Waals surface area contributed by atoms with Crippen molar-refractivity contribution in [1.82, 2.24) is 0 Å². The molecule has 0 saturated heterocycles. The maximum absolute atomic E-state index is 12.4. The standard InChI is InChI=1S/C20H17NO6/c1-24-17-8-7-14(11-18(17)25-2)20(23)27-16-6-4-5-13(10-16)9-15(12-21)19(22)26-3/h4-11H,1-3H3/b15-9+. The molecule has 0 aliphatic rings. The molecule has 2 aromatic rings. The Morgan fingerprint density at radius 2 is 1.74 bits per heavy atom. The van der Waals surface area contributed by atoms with Crippen LogP contribution in [0, 0.1) is 11.3 Å². The van der Waals surface area contributed by atoms with E-state index in [9.17, 15) is 9.59 Å². The molecular formula is C20H17NO6. The second-order valence-corrected chi connectivity index (χ2v) is 5.19. The Bertz CT molecular complexity index is 926. The van der Waals surface area contributed by atoms with Crippen molar-refractivity contribution < 1.29 is 28.5 Å². The highest BCUT2D eigenvalue weighted by atomic mass is 16.5. The zero-order valence-corrected chi connectivity index (χ0v) is 15.0. The first-order valence-corrected chi connectivity index (χ1v) is 7.76. The van der Waals surface area contributed by atoms with Gasteiger partial charge in [-0.05, 0) is 42.0 Å². The van der Waals surface area contributed by atoms with Gasteiger partial charge >= 0.3 is 11.9 Å².